The van der Waals surface area contributed by atoms with Crippen LogP contribution in [-0.4, -0.2) is 25.9 Å². The Balaban J connectivity index is 1.56. The van der Waals surface area contributed by atoms with Crippen LogP contribution in [0.25, 0.3) is 16.9 Å². The predicted octanol–water partition coefficient (Wildman–Crippen LogP) is 4.26. The largest absolute Gasteiger partial charge is 0.296 e. The lowest BCUT2D eigenvalue weighted by Gasteiger charge is -2.06. The first kappa shape index (κ1) is 17.1. The molecule has 0 aliphatic heterocycles. The minimum absolute atomic E-state index is 0.287. The number of carbonyl (C=O) groups excluding carboxylic acids is 1. The van der Waals surface area contributed by atoms with Gasteiger partial charge in [-0.1, -0.05) is 53.7 Å². The number of aromatic nitrogens is 4. The molecule has 2 aromatic heterocycles. The second-order valence-electron chi connectivity index (χ2n) is 6.08. The van der Waals surface area contributed by atoms with Crippen molar-refractivity contribution >= 4 is 22.4 Å². The van der Waals surface area contributed by atoms with Gasteiger partial charge in [0, 0.05) is 10.9 Å². The number of nitrogens with one attached hydrogen (secondary N) is 1. The van der Waals surface area contributed by atoms with E-state index in [9.17, 15) is 4.79 Å². The number of thiazole rings is 1. The van der Waals surface area contributed by atoms with E-state index in [0.29, 0.717) is 10.8 Å². The molecule has 0 saturated heterocycles. The summed E-state index contributed by atoms with van der Waals surface area (Å²) >= 11 is 1.38. The maximum absolute atomic E-state index is 12.6. The van der Waals surface area contributed by atoms with Crippen LogP contribution in [0.3, 0.4) is 0 Å². The van der Waals surface area contributed by atoms with Crippen molar-refractivity contribution in [2.75, 3.05) is 5.32 Å². The average molecular weight is 375 g/mol. The summed E-state index contributed by atoms with van der Waals surface area (Å²) in [6, 6.07) is 17.7. The number of nitrogens with zero attached hydrogens (tertiary/aromatic N) is 4. The fourth-order valence-electron chi connectivity index (χ4n) is 2.80. The molecular weight excluding hydrogens is 358 g/mol. The number of rotatable bonds is 4. The van der Waals surface area contributed by atoms with Crippen molar-refractivity contribution < 1.29 is 4.79 Å². The van der Waals surface area contributed by atoms with Crippen molar-refractivity contribution in [3.63, 3.8) is 0 Å². The Morgan fingerprint density at radius 1 is 1.04 bits per heavy atom. The molecule has 2 heterocycles. The zero-order valence-corrected chi connectivity index (χ0v) is 15.7. The van der Waals surface area contributed by atoms with Gasteiger partial charge in [0.2, 0.25) is 0 Å². The molecule has 0 saturated carbocycles. The van der Waals surface area contributed by atoms with E-state index in [2.05, 4.69) is 20.6 Å². The van der Waals surface area contributed by atoms with Crippen LogP contribution in [0.1, 0.15) is 21.7 Å². The Morgan fingerprint density at radius 3 is 2.56 bits per heavy atom. The van der Waals surface area contributed by atoms with Crippen LogP contribution in [0.2, 0.25) is 0 Å². The third kappa shape index (κ3) is 3.37. The molecule has 27 heavy (non-hydrogen) atoms. The highest BCUT2D eigenvalue weighted by atomic mass is 32.1. The van der Waals surface area contributed by atoms with E-state index in [1.54, 1.807) is 4.68 Å². The number of anilines is 1. The second-order valence-corrected chi connectivity index (χ2v) is 6.94. The third-order valence-electron chi connectivity index (χ3n) is 4.25. The summed E-state index contributed by atoms with van der Waals surface area (Å²) < 4.78 is 1.68. The summed E-state index contributed by atoms with van der Waals surface area (Å²) in [5, 5.41) is 13.5. The Morgan fingerprint density at radius 2 is 1.78 bits per heavy atom. The van der Waals surface area contributed by atoms with Crippen molar-refractivity contribution in [2.45, 2.75) is 13.8 Å². The zero-order chi connectivity index (χ0) is 18.8. The van der Waals surface area contributed by atoms with Gasteiger partial charge in [-0.2, -0.15) is 0 Å². The summed E-state index contributed by atoms with van der Waals surface area (Å²) in [6.07, 6.45) is 0. The number of hydrogen-bond donors (Lipinski definition) is 1. The Kier molecular flexibility index (Phi) is 4.52. The van der Waals surface area contributed by atoms with Gasteiger partial charge in [0.05, 0.1) is 17.1 Å². The number of amides is 1. The van der Waals surface area contributed by atoms with Gasteiger partial charge >= 0.3 is 0 Å². The van der Waals surface area contributed by atoms with E-state index in [4.69, 9.17) is 0 Å². The highest BCUT2D eigenvalue weighted by molar-refractivity contribution is 7.14. The molecule has 1 N–H and O–H groups in total. The molecule has 0 aliphatic rings. The SMILES string of the molecule is Cc1ccccc1-n1nnc(C(=O)Nc2nc(-c3ccccc3)cs2)c1C. The highest BCUT2D eigenvalue weighted by Gasteiger charge is 2.19. The smallest absolute Gasteiger partial charge is 0.279 e. The lowest BCUT2D eigenvalue weighted by atomic mass is 10.2. The minimum atomic E-state index is -0.318. The van der Waals surface area contributed by atoms with Crippen LogP contribution in [-0.2, 0) is 0 Å². The van der Waals surface area contributed by atoms with Crippen molar-refractivity contribution in [3.8, 4) is 16.9 Å². The summed E-state index contributed by atoms with van der Waals surface area (Å²) in [6.45, 7) is 3.83. The van der Waals surface area contributed by atoms with Gasteiger partial charge in [-0.3, -0.25) is 10.1 Å². The van der Waals surface area contributed by atoms with E-state index in [1.165, 1.54) is 11.3 Å². The van der Waals surface area contributed by atoms with Gasteiger partial charge in [-0.05, 0) is 25.5 Å². The Bertz CT molecular complexity index is 1100. The fourth-order valence-corrected chi connectivity index (χ4v) is 3.51. The quantitative estimate of drug-likeness (QED) is 0.578. The van der Waals surface area contributed by atoms with E-state index >= 15 is 0 Å². The first-order valence-electron chi connectivity index (χ1n) is 8.44. The first-order chi connectivity index (χ1) is 13.1. The van der Waals surface area contributed by atoms with Gasteiger partial charge in [-0.15, -0.1) is 16.4 Å². The van der Waals surface area contributed by atoms with Crippen LogP contribution in [0.15, 0.2) is 60.0 Å². The number of para-hydroxylation sites is 1. The molecule has 0 unspecified atom stereocenters. The molecular formula is C20H17N5OS. The number of carbonyl (C=O) groups is 1. The van der Waals surface area contributed by atoms with E-state index in [-0.39, 0.29) is 11.6 Å². The molecule has 6 nitrogen and oxygen atoms in total. The standard InChI is InChI=1S/C20H17N5OS/c1-13-8-6-7-11-17(13)25-14(2)18(23-24-25)19(26)22-20-21-16(12-27-20)15-9-4-3-5-10-15/h3-12H,1-2H3,(H,21,22,26). The monoisotopic (exact) mass is 375 g/mol. The van der Waals surface area contributed by atoms with Crippen molar-refractivity contribution in [1.29, 1.82) is 0 Å². The number of aryl methyl sites for hydroxylation is 1. The summed E-state index contributed by atoms with van der Waals surface area (Å²) in [5.41, 5.74) is 4.77. The fraction of sp³-hybridized carbons (Fsp3) is 0.100. The van der Waals surface area contributed by atoms with Crippen molar-refractivity contribution in [2.24, 2.45) is 0 Å². The normalized spacial score (nSPS) is 10.7. The topological polar surface area (TPSA) is 72.7 Å². The van der Waals surface area contributed by atoms with E-state index in [1.807, 2.05) is 73.8 Å². The maximum Gasteiger partial charge on any atom is 0.279 e. The maximum atomic E-state index is 12.6. The summed E-state index contributed by atoms with van der Waals surface area (Å²) in [7, 11) is 0. The summed E-state index contributed by atoms with van der Waals surface area (Å²) in [4.78, 5) is 17.1. The minimum Gasteiger partial charge on any atom is -0.296 e. The molecule has 2 aromatic carbocycles. The van der Waals surface area contributed by atoms with Gasteiger partial charge < -0.3 is 0 Å². The van der Waals surface area contributed by atoms with Crippen molar-refractivity contribution in [1.82, 2.24) is 20.0 Å². The van der Waals surface area contributed by atoms with Crippen molar-refractivity contribution in [3.05, 3.63) is 76.9 Å². The van der Waals surface area contributed by atoms with Crippen LogP contribution >= 0.6 is 11.3 Å². The van der Waals surface area contributed by atoms with Gasteiger partial charge in [0.15, 0.2) is 10.8 Å². The molecule has 4 aromatic rings. The molecule has 0 radical (unpaired) electrons. The highest BCUT2D eigenvalue weighted by Crippen LogP contribution is 2.25. The van der Waals surface area contributed by atoms with Crippen LogP contribution in [0, 0.1) is 13.8 Å². The Labute approximate surface area is 160 Å². The van der Waals surface area contributed by atoms with E-state index < -0.39 is 0 Å². The lowest BCUT2D eigenvalue weighted by molar-refractivity contribution is 0.102. The van der Waals surface area contributed by atoms with Gasteiger partial charge in [0.1, 0.15) is 0 Å². The molecule has 0 bridgehead atoms. The molecule has 0 atom stereocenters. The summed E-state index contributed by atoms with van der Waals surface area (Å²) in [5.74, 6) is -0.318. The predicted molar refractivity (Wildman–Crippen MR) is 106 cm³/mol. The van der Waals surface area contributed by atoms with Crippen LogP contribution in [0.5, 0.6) is 0 Å². The lowest BCUT2D eigenvalue weighted by Crippen LogP contribution is -2.14. The first-order valence-corrected chi connectivity index (χ1v) is 9.32. The number of benzene rings is 2. The molecule has 7 heteroatoms. The molecule has 0 spiro atoms. The molecule has 1 amide bonds. The molecule has 0 fully saturated rings. The van der Waals surface area contributed by atoms with Gasteiger partial charge in [0.25, 0.3) is 5.91 Å². The second kappa shape index (κ2) is 7.13. The molecule has 134 valence electrons. The molecule has 4 rings (SSSR count). The molecule has 0 aliphatic carbocycles. The van der Waals surface area contributed by atoms with E-state index in [0.717, 1.165) is 22.5 Å². The van der Waals surface area contributed by atoms with Gasteiger partial charge in [-0.25, -0.2) is 9.67 Å². The number of hydrogen-bond acceptors (Lipinski definition) is 5. The van der Waals surface area contributed by atoms with Crippen LogP contribution in [0.4, 0.5) is 5.13 Å². The zero-order valence-electron chi connectivity index (χ0n) is 14.9. The average Bonchev–Trinajstić information content (AvgIpc) is 3.30. The Hall–Kier alpha value is -3.32. The van der Waals surface area contributed by atoms with Crippen LogP contribution < -0.4 is 5.32 Å². The third-order valence-corrected chi connectivity index (χ3v) is 5.01.